The molecule has 0 bridgehead atoms. The van der Waals surface area contributed by atoms with Gasteiger partial charge in [0.15, 0.2) is 0 Å². The number of rotatable bonds is 6. The quantitative estimate of drug-likeness (QED) is 0.662. The number of thiocarbonyl (C=S) groups is 1. The van der Waals surface area contributed by atoms with Crippen molar-refractivity contribution in [2.75, 3.05) is 0 Å². The first-order valence-electron chi connectivity index (χ1n) is 5.93. The summed E-state index contributed by atoms with van der Waals surface area (Å²) >= 11 is 11.5. The molecule has 4 nitrogen and oxygen atoms in total. The molecule has 0 aliphatic rings. The Bertz CT molecular complexity index is 618. The standard InChI is InChI=1S/C12H16Br2N2O2S2/c1-3-8(5-12(15)19)16-20(17,18)11-6-9(13)7(2)4-10(11)14/h4,6,8,16H,3,5H2,1-2H3,(H2,15,19). The van der Waals surface area contributed by atoms with Gasteiger partial charge in [-0.3, -0.25) is 0 Å². The van der Waals surface area contributed by atoms with E-state index in [4.69, 9.17) is 18.0 Å². The van der Waals surface area contributed by atoms with Gasteiger partial charge in [0.1, 0.15) is 0 Å². The SMILES string of the molecule is CCC(CC(N)=S)NS(=O)(=O)c1cc(Br)c(C)cc1Br. The number of sulfonamides is 1. The summed E-state index contributed by atoms with van der Waals surface area (Å²) in [5.41, 5.74) is 6.43. The highest BCUT2D eigenvalue weighted by atomic mass is 79.9. The number of hydrogen-bond acceptors (Lipinski definition) is 3. The number of nitrogens with one attached hydrogen (secondary N) is 1. The van der Waals surface area contributed by atoms with Crippen LogP contribution in [-0.4, -0.2) is 19.4 Å². The van der Waals surface area contributed by atoms with Crippen molar-refractivity contribution in [1.82, 2.24) is 4.72 Å². The second-order valence-electron chi connectivity index (χ2n) is 4.43. The summed E-state index contributed by atoms with van der Waals surface area (Å²) in [5, 5.41) is 0. The first-order chi connectivity index (χ1) is 9.17. The molecule has 1 atom stereocenters. The summed E-state index contributed by atoms with van der Waals surface area (Å²) in [7, 11) is -3.63. The highest BCUT2D eigenvalue weighted by molar-refractivity contribution is 9.11. The molecule has 1 aromatic carbocycles. The van der Waals surface area contributed by atoms with E-state index in [1.54, 1.807) is 12.1 Å². The van der Waals surface area contributed by atoms with Crippen molar-refractivity contribution in [3.05, 3.63) is 26.6 Å². The fourth-order valence-electron chi connectivity index (χ4n) is 1.63. The molecule has 1 rings (SSSR count). The zero-order chi connectivity index (χ0) is 15.5. The lowest BCUT2D eigenvalue weighted by atomic mass is 10.2. The van der Waals surface area contributed by atoms with Gasteiger partial charge >= 0.3 is 0 Å². The second kappa shape index (κ2) is 7.31. The molecule has 0 radical (unpaired) electrons. The van der Waals surface area contributed by atoms with Gasteiger partial charge in [-0.05, 0) is 47.0 Å². The van der Waals surface area contributed by atoms with Crippen LogP contribution in [-0.2, 0) is 10.0 Å². The number of halogens is 2. The Labute approximate surface area is 141 Å². The van der Waals surface area contributed by atoms with Crippen LogP contribution in [0.5, 0.6) is 0 Å². The van der Waals surface area contributed by atoms with Crippen molar-refractivity contribution < 1.29 is 8.42 Å². The van der Waals surface area contributed by atoms with Gasteiger partial charge in [0, 0.05) is 21.4 Å². The molecule has 0 amide bonds. The monoisotopic (exact) mass is 442 g/mol. The van der Waals surface area contributed by atoms with Crippen LogP contribution < -0.4 is 10.5 Å². The Hall–Kier alpha value is -0.0200. The fraction of sp³-hybridized carbons (Fsp3) is 0.417. The Morgan fingerprint density at radius 3 is 2.50 bits per heavy atom. The Morgan fingerprint density at radius 2 is 2.00 bits per heavy atom. The third-order valence-corrected chi connectivity index (χ3v) is 6.26. The van der Waals surface area contributed by atoms with Crippen LogP contribution in [0.1, 0.15) is 25.3 Å². The van der Waals surface area contributed by atoms with Crippen molar-refractivity contribution >= 4 is 59.1 Å². The molecule has 0 aliphatic heterocycles. The molecule has 8 heteroatoms. The summed E-state index contributed by atoms with van der Waals surface area (Å²) in [6.07, 6.45) is 0.955. The smallest absolute Gasteiger partial charge is 0.241 e. The topological polar surface area (TPSA) is 72.2 Å². The normalized spacial score (nSPS) is 13.2. The van der Waals surface area contributed by atoms with E-state index in [0.717, 1.165) is 10.0 Å². The van der Waals surface area contributed by atoms with Crippen LogP contribution in [0.3, 0.4) is 0 Å². The van der Waals surface area contributed by atoms with E-state index < -0.39 is 10.0 Å². The minimum Gasteiger partial charge on any atom is -0.393 e. The van der Waals surface area contributed by atoms with E-state index in [9.17, 15) is 8.42 Å². The van der Waals surface area contributed by atoms with Gasteiger partial charge < -0.3 is 5.73 Å². The predicted octanol–water partition coefficient (Wildman–Crippen LogP) is 3.25. The van der Waals surface area contributed by atoms with Gasteiger partial charge in [0.25, 0.3) is 0 Å². The molecule has 20 heavy (non-hydrogen) atoms. The number of aryl methyl sites for hydroxylation is 1. The van der Waals surface area contributed by atoms with Crippen LogP contribution in [0.2, 0.25) is 0 Å². The molecule has 0 spiro atoms. The highest BCUT2D eigenvalue weighted by Gasteiger charge is 2.22. The first-order valence-corrected chi connectivity index (χ1v) is 9.41. The molecule has 1 unspecified atom stereocenters. The van der Waals surface area contributed by atoms with Gasteiger partial charge in [0.05, 0.1) is 9.88 Å². The molecular formula is C12H16Br2N2O2S2. The lowest BCUT2D eigenvalue weighted by Crippen LogP contribution is -2.37. The zero-order valence-electron chi connectivity index (χ0n) is 11.1. The van der Waals surface area contributed by atoms with Crippen LogP contribution in [0.4, 0.5) is 0 Å². The van der Waals surface area contributed by atoms with E-state index in [-0.39, 0.29) is 10.9 Å². The van der Waals surface area contributed by atoms with Crippen molar-refractivity contribution in [2.24, 2.45) is 5.73 Å². The van der Waals surface area contributed by atoms with E-state index in [2.05, 4.69) is 36.6 Å². The number of benzene rings is 1. The largest absolute Gasteiger partial charge is 0.393 e. The van der Waals surface area contributed by atoms with E-state index >= 15 is 0 Å². The van der Waals surface area contributed by atoms with Gasteiger partial charge in [-0.2, -0.15) is 0 Å². The molecule has 0 fully saturated rings. The van der Waals surface area contributed by atoms with E-state index in [1.807, 2.05) is 13.8 Å². The van der Waals surface area contributed by atoms with E-state index in [1.165, 1.54) is 0 Å². The maximum atomic E-state index is 12.4. The average molecular weight is 444 g/mol. The van der Waals surface area contributed by atoms with Gasteiger partial charge in [-0.25, -0.2) is 13.1 Å². The maximum Gasteiger partial charge on any atom is 0.241 e. The fourth-order valence-corrected chi connectivity index (χ4v) is 4.83. The summed E-state index contributed by atoms with van der Waals surface area (Å²) in [6.45, 7) is 3.77. The van der Waals surface area contributed by atoms with Crippen LogP contribution in [0.25, 0.3) is 0 Å². The summed E-state index contributed by atoms with van der Waals surface area (Å²) in [4.78, 5) is 0.486. The third-order valence-electron chi connectivity index (χ3n) is 2.76. The Morgan fingerprint density at radius 1 is 1.40 bits per heavy atom. The molecule has 0 saturated carbocycles. The van der Waals surface area contributed by atoms with Crippen molar-refractivity contribution in [1.29, 1.82) is 0 Å². The summed E-state index contributed by atoms with van der Waals surface area (Å²) in [5.74, 6) is 0. The van der Waals surface area contributed by atoms with Crippen LogP contribution >= 0.6 is 44.1 Å². The third kappa shape index (κ3) is 4.77. The molecule has 0 saturated heterocycles. The van der Waals surface area contributed by atoms with Crippen LogP contribution in [0, 0.1) is 6.92 Å². The Kier molecular flexibility index (Phi) is 6.59. The zero-order valence-corrected chi connectivity index (χ0v) is 15.9. The summed E-state index contributed by atoms with van der Waals surface area (Å²) < 4.78 is 28.7. The summed E-state index contributed by atoms with van der Waals surface area (Å²) in [6, 6.07) is 3.03. The first kappa shape index (κ1) is 18.0. The van der Waals surface area contributed by atoms with Crippen molar-refractivity contribution in [3.63, 3.8) is 0 Å². The molecule has 3 N–H and O–H groups in total. The maximum absolute atomic E-state index is 12.4. The molecule has 112 valence electrons. The molecule has 0 aromatic heterocycles. The van der Waals surface area contributed by atoms with Gasteiger partial charge in [0.2, 0.25) is 10.0 Å². The predicted molar refractivity (Wildman–Crippen MR) is 92.4 cm³/mol. The lowest BCUT2D eigenvalue weighted by Gasteiger charge is -2.17. The van der Waals surface area contributed by atoms with Crippen LogP contribution in [0.15, 0.2) is 26.0 Å². The van der Waals surface area contributed by atoms with Crippen molar-refractivity contribution in [3.8, 4) is 0 Å². The number of hydrogen-bond donors (Lipinski definition) is 2. The highest BCUT2D eigenvalue weighted by Crippen LogP contribution is 2.29. The molecular weight excluding hydrogens is 428 g/mol. The molecule has 0 aliphatic carbocycles. The van der Waals surface area contributed by atoms with Gasteiger partial charge in [-0.15, -0.1) is 0 Å². The molecule has 1 aromatic rings. The minimum absolute atomic E-state index is 0.191. The lowest BCUT2D eigenvalue weighted by molar-refractivity contribution is 0.546. The Balaban J connectivity index is 3.10. The minimum atomic E-state index is -3.63. The van der Waals surface area contributed by atoms with E-state index in [0.29, 0.717) is 22.3 Å². The van der Waals surface area contributed by atoms with Gasteiger partial charge in [-0.1, -0.05) is 35.1 Å². The molecule has 0 heterocycles. The number of nitrogens with two attached hydrogens (primary N) is 1. The second-order valence-corrected chi connectivity index (χ2v) is 8.34. The average Bonchev–Trinajstić information content (AvgIpc) is 2.31. The van der Waals surface area contributed by atoms with Crippen molar-refractivity contribution in [2.45, 2.75) is 37.6 Å².